The highest BCUT2D eigenvalue weighted by molar-refractivity contribution is 7.99. The van der Waals surface area contributed by atoms with E-state index < -0.39 is 0 Å². The van der Waals surface area contributed by atoms with Crippen LogP contribution < -0.4 is 4.74 Å². The quantitative estimate of drug-likeness (QED) is 0.603. The summed E-state index contributed by atoms with van der Waals surface area (Å²) in [6.45, 7) is 4.06. The number of tetrazole rings is 1. The second-order valence-electron chi connectivity index (χ2n) is 5.10. The Labute approximate surface area is 143 Å². The maximum absolute atomic E-state index is 5.38. The zero-order valence-electron chi connectivity index (χ0n) is 13.7. The summed E-state index contributed by atoms with van der Waals surface area (Å²) in [5.41, 5.74) is 0.775. The van der Waals surface area contributed by atoms with E-state index >= 15 is 0 Å². The predicted molar refractivity (Wildman–Crippen MR) is 88.3 cm³/mol. The van der Waals surface area contributed by atoms with E-state index in [1.165, 1.54) is 11.8 Å². The van der Waals surface area contributed by atoms with Crippen molar-refractivity contribution in [1.29, 1.82) is 0 Å². The van der Waals surface area contributed by atoms with Crippen LogP contribution in [0.5, 0.6) is 5.75 Å². The first-order valence-electron chi connectivity index (χ1n) is 7.63. The van der Waals surface area contributed by atoms with Gasteiger partial charge in [-0.1, -0.05) is 36.0 Å². The fourth-order valence-electron chi connectivity index (χ4n) is 2.17. The van der Waals surface area contributed by atoms with Crippen molar-refractivity contribution >= 4 is 11.8 Å². The van der Waals surface area contributed by atoms with Crippen LogP contribution in [-0.4, -0.2) is 37.5 Å². The molecular weight excluding hydrogens is 328 g/mol. The van der Waals surface area contributed by atoms with E-state index in [1.807, 2.05) is 31.2 Å². The van der Waals surface area contributed by atoms with Crippen molar-refractivity contribution in [2.24, 2.45) is 0 Å². The lowest BCUT2D eigenvalue weighted by Gasteiger charge is -2.10. The second-order valence-corrected chi connectivity index (χ2v) is 6.41. The number of methoxy groups -OCH3 is 1. The average molecular weight is 346 g/mol. The molecular formula is C15H18N6O2S. The first-order chi connectivity index (χ1) is 11.7. The lowest BCUT2D eigenvalue weighted by Crippen LogP contribution is -2.02. The number of aryl methyl sites for hydroxylation is 1. The number of aromatic nitrogens is 6. The largest absolute Gasteiger partial charge is 0.494 e. The van der Waals surface area contributed by atoms with Gasteiger partial charge in [0.25, 0.3) is 0 Å². The van der Waals surface area contributed by atoms with Gasteiger partial charge in [0.05, 0.1) is 12.4 Å². The van der Waals surface area contributed by atoms with Gasteiger partial charge in [0.15, 0.2) is 5.82 Å². The van der Waals surface area contributed by atoms with Crippen LogP contribution in [0, 0.1) is 0 Å². The molecule has 0 N–H and O–H groups in total. The van der Waals surface area contributed by atoms with Crippen molar-refractivity contribution < 1.29 is 9.26 Å². The summed E-state index contributed by atoms with van der Waals surface area (Å²) in [5.74, 6) is 1.99. The molecule has 1 atom stereocenters. The third-order valence-electron chi connectivity index (χ3n) is 3.34. The molecule has 1 unspecified atom stereocenters. The van der Waals surface area contributed by atoms with Crippen molar-refractivity contribution in [3.05, 3.63) is 36.0 Å². The Morgan fingerprint density at radius 1 is 1.33 bits per heavy atom. The Morgan fingerprint density at radius 3 is 2.96 bits per heavy atom. The number of rotatable bonds is 7. The molecule has 8 nitrogen and oxygen atoms in total. The third-order valence-corrected chi connectivity index (χ3v) is 4.36. The van der Waals surface area contributed by atoms with E-state index in [4.69, 9.17) is 9.26 Å². The van der Waals surface area contributed by atoms with E-state index in [9.17, 15) is 0 Å². The molecule has 0 saturated carbocycles. The molecule has 0 aliphatic rings. The lowest BCUT2D eigenvalue weighted by atomic mass is 10.3. The first-order valence-corrected chi connectivity index (χ1v) is 8.51. The van der Waals surface area contributed by atoms with Crippen molar-refractivity contribution in [1.82, 2.24) is 30.3 Å². The van der Waals surface area contributed by atoms with E-state index in [0.717, 1.165) is 24.4 Å². The minimum absolute atomic E-state index is 0.0671. The van der Waals surface area contributed by atoms with Gasteiger partial charge in [-0.25, -0.2) is 0 Å². The van der Waals surface area contributed by atoms with Crippen LogP contribution >= 0.6 is 11.8 Å². The van der Waals surface area contributed by atoms with Gasteiger partial charge >= 0.3 is 0 Å². The summed E-state index contributed by atoms with van der Waals surface area (Å²) in [7, 11) is 1.62. The number of hydrogen-bond donors (Lipinski definition) is 0. The Balaban J connectivity index is 1.82. The molecule has 0 bridgehead atoms. The number of benzene rings is 1. The number of ether oxygens (including phenoxy) is 1. The van der Waals surface area contributed by atoms with Crippen LogP contribution in [0.3, 0.4) is 0 Å². The zero-order valence-corrected chi connectivity index (χ0v) is 14.5. The number of hydrogen-bond acceptors (Lipinski definition) is 8. The normalized spacial score (nSPS) is 12.3. The zero-order chi connectivity index (χ0) is 16.9. The summed E-state index contributed by atoms with van der Waals surface area (Å²) >= 11 is 1.45. The van der Waals surface area contributed by atoms with Gasteiger partial charge in [-0.15, -0.1) is 5.10 Å². The Morgan fingerprint density at radius 2 is 2.17 bits per heavy atom. The van der Waals surface area contributed by atoms with Gasteiger partial charge in [0.2, 0.25) is 11.0 Å². The number of para-hydroxylation sites is 2. The molecule has 0 amide bonds. The molecule has 2 aromatic heterocycles. The van der Waals surface area contributed by atoms with Gasteiger partial charge in [-0.3, -0.25) is 0 Å². The van der Waals surface area contributed by atoms with Gasteiger partial charge in [-0.2, -0.15) is 9.67 Å². The molecule has 0 saturated heterocycles. The summed E-state index contributed by atoms with van der Waals surface area (Å²) in [6, 6.07) is 7.57. The Hall–Kier alpha value is -2.42. The molecule has 2 heterocycles. The highest BCUT2D eigenvalue weighted by atomic mass is 32.2. The third kappa shape index (κ3) is 3.40. The minimum Gasteiger partial charge on any atom is -0.494 e. The maximum atomic E-state index is 5.38. The molecule has 0 aliphatic carbocycles. The van der Waals surface area contributed by atoms with Crippen LogP contribution in [0.15, 0.2) is 33.9 Å². The van der Waals surface area contributed by atoms with Gasteiger partial charge in [0, 0.05) is 6.42 Å². The highest BCUT2D eigenvalue weighted by Crippen LogP contribution is 2.34. The lowest BCUT2D eigenvalue weighted by molar-refractivity contribution is 0.374. The number of nitrogens with zero attached hydrogens (tertiary/aromatic N) is 6. The minimum atomic E-state index is -0.0671. The molecule has 0 aliphatic heterocycles. The van der Waals surface area contributed by atoms with Crippen molar-refractivity contribution in [3.63, 3.8) is 0 Å². The fourth-order valence-corrected chi connectivity index (χ4v) is 3.01. The summed E-state index contributed by atoms with van der Waals surface area (Å²) in [6.07, 6.45) is 1.78. The molecule has 126 valence electrons. The average Bonchev–Trinajstić information content (AvgIpc) is 3.24. The van der Waals surface area contributed by atoms with Crippen LogP contribution in [0.2, 0.25) is 0 Å². The molecule has 3 rings (SSSR count). The molecule has 0 fully saturated rings. The molecule has 3 aromatic rings. The molecule has 24 heavy (non-hydrogen) atoms. The smallest absolute Gasteiger partial charge is 0.239 e. The second kappa shape index (κ2) is 7.43. The summed E-state index contributed by atoms with van der Waals surface area (Å²) in [4.78, 5) is 4.42. The van der Waals surface area contributed by atoms with Gasteiger partial charge in [-0.05, 0) is 35.9 Å². The van der Waals surface area contributed by atoms with Crippen LogP contribution in [0.25, 0.3) is 5.69 Å². The van der Waals surface area contributed by atoms with Gasteiger partial charge < -0.3 is 9.26 Å². The molecule has 0 spiro atoms. The number of thioether (sulfide) groups is 1. The molecule has 0 radical (unpaired) electrons. The van der Waals surface area contributed by atoms with Crippen molar-refractivity contribution in [3.8, 4) is 11.4 Å². The van der Waals surface area contributed by atoms with Crippen molar-refractivity contribution in [2.75, 3.05) is 7.11 Å². The molecule has 9 heteroatoms. The van der Waals surface area contributed by atoms with Crippen LogP contribution in [0.4, 0.5) is 0 Å². The van der Waals surface area contributed by atoms with E-state index in [1.54, 1.807) is 11.8 Å². The summed E-state index contributed by atoms with van der Waals surface area (Å²) < 4.78 is 12.4. The Bertz CT molecular complexity index is 803. The van der Waals surface area contributed by atoms with E-state index in [-0.39, 0.29) is 5.25 Å². The highest BCUT2D eigenvalue weighted by Gasteiger charge is 2.20. The fraction of sp³-hybridized carbons (Fsp3) is 0.400. The topological polar surface area (TPSA) is 91.8 Å². The summed E-state index contributed by atoms with van der Waals surface area (Å²) in [5, 5.41) is 16.5. The van der Waals surface area contributed by atoms with Crippen LogP contribution in [-0.2, 0) is 6.42 Å². The predicted octanol–water partition coefficient (Wildman–Crippen LogP) is 2.86. The maximum Gasteiger partial charge on any atom is 0.239 e. The van der Waals surface area contributed by atoms with Crippen LogP contribution in [0.1, 0.15) is 37.2 Å². The van der Waals surface area contributed by atoms with Gasteiger partial charge in [0.1, 0.15) is 11.4 Å². The van der Waals surface area contributed by atoms with Crippen molar-refractivity contribution in [2.45, 2.75) is 37.1 Å². The molecule has 1 aromatic carbocycles. The Kier molecular flexibility index (Phi) is 5.09. The first kappa shape index (κ1) is 16.4. The standard InChI is InChI=1S/C15H18N6O2S/c1-4-7-13-16-14(23-18-13)10(2)24-15-17-19-20-21(15)11-8-5-6-9-12(11)22-3/h5-6,8-10H,4,7H2,1-3H3. The monoisotopic (exact) mass is 346 g/mol. The SMILES string of the molecule is CCCc1noc(C(C)Sc2nnnn2-c2ccccc2OC)n1. The van der Waals surface area contributed by atoms with E-state index in [2.05, 4.69) is 32.6 Å². The van der Waals surface area contributed by atoms with E-state index in [0.29, 0.717) is 16.8 Å².